The van der Waals surface area contributed by atoms with E-state index in [0.717, 1.165) is 0 Å². The van der Waals surface area contributed by atoms with Gasteiger partial charge in [-0.25, -0.2) is 0 Å². The van der Waals surface area contributed by atoms with Gasteiger partial charge in [0.25, 0.3) is 0 Å². The number of nitrogens with two attached hydrogens (primary N) is 2. The van der Waals surface area contributed by atoms with Gasteiger partial charge in [-0.3, -0.25) is 19.2 Å². The Morgan fingerprint density at radius 3 is 2.30 bits per heavy atom. The van der Waals surface area contributed by atoms with Crippen molar-refractivity contribution in [3.05, 3.63) is 29.3 Å². The number of primary amides is 1. The topological polar surface area (TPSA) is 210 Å². The monoisotopic (exact) mass is 616 g/mol. The maximum atomic E-state index is 14.5. The van der Waals surface area contributed by atoms with E-state index in [1.807, 2.05) is 6.92 Å². The van der Waals surface area contributed by atoms with E-state index in [4.69, 9.17) is 16.2 Å². The summed E-state index contributed by atoms with van der Waals surface area (Å²) in [6, 6.07) is 4.16. The normalized spacial score (nSPS) is 38.9. The number of aliphatic hydroxyl groups excluding tert-OH is 2. The Morgan fingerprint density at radius 2 is 1.75 bits per heavy atom. The molecule has 1 aromatic rings. The number of ketones is 3. The number of aliphatic hydroxyl groups is 3. The van der Waals surface area contributed by atoms with Crippen LogP contribution in [0.3, 0.4) is 0 Å². The Balaban J connectivity index is 2.12. The Labute approximate surface area is 258 Å². The van der Waals surface area contributed by atoms with Crippen LogP contribution in [-0.4, -0.2) is 80.7 Å². The third kappa shape index (κ3) is 4.65. The summed E-state index contributed by atoms with van der Waals surface area (Å²) in [5.41, 5.74) is 6.18. The summed E-state index contributed by atoms with van der Waals surface area (Å²) < 4.78 is 6.06. The van der Waals surface area contributed by atoms with E-state index < -0.39 is 87.7 Å². The highest BCUT2D eigenvalue weighted by molar-refractivity contribution is 6.09. The summed E-state index contributed by atoms with van der Waals surface area (Å²) >= 11 is 0. The molecule has 2 fully saturated rings. The minimum atomic E-state index is -2.77. The van der Waals surface area contributed by atoms with Gasteiger partial charge in [0.05, 0.1) is 24.2 Å². The second-order valence-corrected chi connectivity index (χ2v) is 14.1. The summed E-state index contributed by atoms with van der Waals surface area (Å²) in [4.78, 5) is 55.1. The van der Waals surface area contributed by atoms with Crippen LogP contribution in [0.5, 0.6) is 5.75 Å². The summed E-state index contributed by atoms with van der Waals surface area (Å²) in [5.74, 6) is -10.2. The fourth-order valence-electron chi connectivity index (χ4n) is 9.47. The molecule has 1 amide bonds. The molecule has 2 saturated carbocycles. The van der Waals surface area contributed by atoms with Crippen LogP contribution in [0, 0.1) is 40.4 Å². The standard InChI is InChI=1S/C33H48N2O9/c1-7-11-44-14-19-18-9-8-10-20(37)22(18)26(38)25-29(41)33(43)28(40)23(30(35)42)27(39)24(15(2)3)32(33,6)21(31(19,25)5)13-17(36)12-16(4)34/h8-10,15-16,19,21,23-25,27,29,37,39,41,43H,7,11-14,34H2,1-6H3,(H2,35,42)/t16?,19-,21-,23-,24+,25-,27?,29?,31-,32-,33+/m1/s1. The van der Waals surface area contributed by atoms with Crippen LogP contribution in [0.1, 0.15) is 82.6 Å². The van der Waals surface area contributed by atoms with Gasteiger partial charge in [-0.05, 0) is 48.1 Å². The number of rotatable bonds is 10. The molecule has 44 heavy (non-hydrogen) atoms. The number of fused-ring (bicyclic) bond motifs is 3. The molecule has 3 unspecified atom stereocenters. The van der Waals surface area contributed by atoms with Gasteiger partial charge in [0.1, 0.15) is 23.6 Å². The van der Waals surface area contributed by atoms with E-state index in [1.54, 1.807) is 46.8 Å². The highest BCUT2D eigenvalue weighted by atomic mass is 16.5. The second-order valence-electron chi connectivity index (χ2n) is 14.1. The minimum Gasteiger partial charge on any atom is -0.507 e. The van der Waals surface area contributed by atoms with Gasteiger partial charge >= 0.3 is 0 Å². The second kappa shape index (κ2) is 11.9. The van der Waals surface area contributed by atoms with Crippen molar-refractivity contribution in [2.45, 2.75) is 90.6 Å². The lowest BCUT2D eigenvalue weighted by molar-refractivity contribution is -0.294. The maximum Gasteiger partial charge on any atom is 0.230 e. The van der Waals surface area contributed by atoms with Crippen LogP contribution in [0.2, 0.25) is 0 Å². The summed E-state index contributed by atoms with van der Waals surface area (Å²) in [6.07, 6.45) is -3.28. The van der Waals surface area contributed by atoms with E-state index >= 15 is 0 Å². The van der Waals surface area contributed by atoms with Crippen molar-refractivity contribution < 1.29 is 44.3 Å². The number of hydrogen-bond acceptors (Lipinski definition) is 10. The molecular formula is C33H48N2O9. The number of carbonyl (C=O) groups is 4. The lowest BCUT2D eigenvalue weighted by Gasteiger charge is -2.71. The average molecular weight is 617 g/mol. The van der Waals surface area contributed by atoms with Crippen molar-refractivity contribution in [2.75, 3.05) is 13.2 Å². The van der Waals surface area contributed by atoms with Gasteiger partial charge in [0.2, 0.25) is 5.91 Å². The predicted molar refractivity (Wildman–Crippen MR) is 160 cm³/mol. The largest absolute Gasteiger partial charge is 0.507 e. The zero-order chi connectivity index (χ0) is 33.1. The Morgan fingerprint density at radius 1 is 1.11 bits per heavy atom. The van der Waals surface area contributed by atoms with Gasteiger partial charge < -0.3 is 36.6 Å². The molecule has 0 spiro atoms. The molecule has 0 bridgehead atoms. The number of aromatic hydroxyl groups is 1. The van der Waals surface area contributed by atoms with Crippen molar-refractivity contribution in [1.82, 2.24) is 0 Å². The number of ether oxygens (including phenoxy) is 1. The number of phenols is 1. The zero-order valence-corrected chi connectivity index (χ0v) is 26.4. The van der Waals surface area contributed by atoms with Crippen molar-refractivity contribution in [3.8, 4) is 5.75 Å². The molecule has 0 aromatic heterocycles. The number of benzene rings is 1. The molecule has 11 heteroatoms. The van der Waals surface area contributed by atoms with Crippen molar-refractivity contribution in [3.63, 3.8) is 0 Å². The Kier molecular flexibility index (Phi) is 9.25. The average Bonchev–Trinajstić information content (AvgIpc) is 2.90. The minimum absolute atomic E-state index is 0.0244. The smallest absolute Gasteiger partial charge is 0.230 e. The van der Waals surface area contributed by atoms with Crippen LogP contribution in [0.4, 0.5) is 0 Å². The number of phenolic OH excluding ortho intramolecular Hbond substituents is 1. The van der Waals surface area contributed by atoms with Crippen LogP contribution in [0.15, 0.2) is 18.2 Å². The van der Waals surface area contributed by atoms with Crippen LogP contribution < -0.4 is 11.5 Å². The highest BCUT2D eigenvalue weighted by Gasteiger charge is 2.80. The Bertz CT molecular complexity index is 1330. The molecule has 0 saturated heterocycles. The SMILES string of the molecule is CCCOC[C@@H]1c2cccc(O)c2C(=O)[C@@H]2C(O)[C@@]3(O)C(=O)[C@H](C(N)=O)C(O)[C@H](C(C)C)[C@@]3(C)[C@H](CC(=O)CC(C)N)[C@@]12C. The molecule has 11 atom stereocenters. The lowest BCUT2D eigenvalue weighted by atomic mass is 9.33. The molecule has 8 N–H and O–H groups in total. The first-order chi connectivity index (χ1) is 20.4. The Hall–Kier alpha value is -2.70. The van der Waals surface area contributed by atoms with E-state index in [0.29, 0.717) is 18.6 Å². The summed E-state index contributed by atoms with van der Waals surface area (Å²) in [5, 5.41) is 47.5. The van der Waals surface area contributed by atoms with E-state index in [1.165, 1.54) is 6.07 Å². The first-order valence-corrected chi connectivity index (χ1v) is 15.6. The molecule has 1 aromatic carbocycles. The van der Waals surface area contributed by atoms with E-state index in [2.05, 4.69) is 0 Å². The fraction of sp³-hybridized carbons (Fsp3) is 0.697. The van der Waals surface area contributed by atoms with Crippen molar-refractivity contribution in [2.24, 2.45) is 51.9 Å². The van der Waals surface area contributed by atoms with Gasteiger partial charge in [-0.1, -0.05) is 46.8 Å². The third-order valence-electron chi connectivity index (χ3n) is 11.1. The number of Topliss-reactive ketones (excluding diaryl/α,β-unsaturated/α-hetero) is 3. The van der Waals surface area contributed by atoms with Crippen LogP contribution in [-0.2, 0) is 19.1 Å². The van der Waals surface area contributed by atoms with Crippen LogP contribution in [0.25, 0.3) is 0 Å². The summed E-state index contributed by atoms with van der Waals surface area (Å²) in [6.45, 7) is 10.9. The van der Waals surface area contributed by atoms with Gasteiger partial charge in [-0.15, -0.1) is 0 Å². The molecule has 244 valence electrons. The zero-order valence-electron chi connectivity index (χ0n) is 26.4. The molecule has 3 aliphatic rings. The van der Waals surface area contributed by atoms with Crippen LogP contribution >= 0.6 is 0 Å². The molecular weight excluding hydrogens is 568 g/mol. The van der Waals surface area contributed by atoms with E-state index in [9.17, 15) is 39.6 Å². The fourth-order valence-corrected chi connectivity index (χ4v) is 9.47. The van der Waals surface area contributed by atoms with Crippen molar-refractivity contribution >= 4 is 23.3 Å². The maximum absolute atomic E-state index is 14.5. The highest BCUT2D eigenvalue weighted by Crippen LogP contribution is 2.71. The lowest BCUT2D eigenvalue weighted by Crippen LogP contribution is -2.82. The molecule has 0 aliphatic heterocycles. The van der Waals surface area contributed by atoms with Gasteiger partial charge in [-0.2, -0.15) is 0 Å². The van der Waals surface area contributed by atoms with Gasteiger partial charge in [0, 0.05) is 36.8 Å². The number of hydrogen-bond donors (Lipinski definition) is 6. The molecule has 11 nitrogen and oxygen atoms in total. The summed E-state index contributed by atoms with van der Waals surface area (Å²) in [7, 11) is 0. The van der Waals surface area contributed by atoms with Crippen molar-refractivity contribution in [1.29, 1.82) is 0 Å². The molecule has 4 rings (SSSR count). The van der Waals surface area contributed by atoms with E-state index in [-0.39, 0.29) is 36.5 Å². The quantitative estimate of drug-likeness (QED) is 0.165. The third-order valence-corrected chi connectivity index (χ3v) is 11.1. The molecule has 0 heterocycles. The first-order valence-electron chi connectivity index (χ1n) is 15.6. The molecule has 0 radical (unpaired) electrons. The predicted octanol–water partition coefficient (Wildman–Crippen LogP) is 1.46. The van der Waals surface area contributed by atoms with Gasteiger partial charge in [0.15, 0.2) is 17.2 Å². The number of carbonyl (C=O) groups excluding carboxylic acids is 4. The molecule has 3 aliphatic carbocycles. The first kappa shape index (κ1) is 34.2. The number of amides is 1.